The fraction of sp³-hybridized carbons (Fsp3) is 0.222. The van der Waals surface area contributed by atoms with Gasteiger partial charge in [-0.15, -0.1) is 0 Å². The Kier molecular flexibility index (Phi) is 5.49. The molecule has 0 aliphatic rings. The van der Waals surface area contributed by atoms with Gasteiger partial charge in [-0.05, 0) is 44.5 Å². The number of hydrogen-bond donors (Lipinski definition) is 1. The molecule has 7 heteroatoms. The Hall–Kier alpha value is -3.22. The second kappa shape index (κ2) is 7.57. The maximum Gasteiger partial charge on any atom is 0.338 e. The van der Waals surface area contributed by atoms with Crippen molar-refractivity contribution in [3.63, 3.8) is 0 Å². The molecular weight excluding hydrogens is 324 g/mol. The van der Waals surface area contributed by atoms with E-state index < -0.39 is 22.9 Å². The van der Waals surface area contributed by atoms with Gasteiger partial charge < -0.3 is 10.1 Å². The summed E-state index contributed by atoms with van der Waals surface area (Å²) < 4.78 is 5.14. The molecule has 0 aliphatic carbocycles. The van der Waals surface area contributed by atoms with Crippen molar-refractivity contribution in [1.29, 1.82) is 0 Å². The molecule has 2 aromatic rings. The minimum absolute atomic E-state index is 0.0816. The number of aryl methyl sites for hydroxylation is 2. The number of carbonyl (C=O) groups excluding carboxylic acids is 2. The molecule has 1 unspecified atom stereocenters. The second-order valence-electron chi connectivity index (χ2n) is 5.61. The van der Waals surface area contributed by atoms with E-state index in [0.717, 1.165) is 5.56 Å². The van der Waals surface area contributed by atoms with E-state index >= 15 is 0 Å². The van der Waals surface area contributed by atoms with Crippen LogP contribution in [-0.2, 0) is 9.53 Å². The molecule has 0 aliphatic heterocycles. The highest BCUT2D eigenvalue weighted by Crippen LogP contribution is 2.20. The molecule has 0 bridgehead atoms. The van der Waals surface area contributed by atoms with E-state index in [1.54, 1.807) is 12.1 Å². The number of amides is 1. The zero-order chi connectivity index (χ0) is 18.6. The summed E-state index contributed by atoms with van der Waals surface area (Å²) in [4.78, 5) is 34.6. The van der Waals surface area contributed by atoms with Crippen LogP contribution in [0.25, 0.3) is 0 Å². The zero-order valence-electron chi connectivity index (χ0n) is 14.1. The first kappa shape index (κ1) is 18.1. The van der Waals surface area contributed by atoms with Crippen LogP contribution >= 0.6 is 0 Å². The number of esters is 1. The highest BCUT2D eigenvalue weighted by molar-refractivity contribution is 5.97. The smallest absolute Gasteiger partial charge is 0.338 e. The monoisotopic (exact) mass is 342 g/mol. The summed E-state index contributed by atoms with van der Waals surface area (Å²) in [5.41, 5.74) is 1.94. The van der Waals surface area contributed by atoms with Crippen molar-refractivity contribution in [2.45, 2.75) is 26.9 Å². The molecule has 25 heavy (non-hydrogen) atoms. The van der Waals surface area contributed by atoms with Gasteiger partial charge in [-0.25, -0.2) is 4.79 Å². The second-order valence-corrected chi connectivity index (χ2v) is 5.61. The molecule has 0 spiro atoms. The first-order valence-electron chi connectivity index (χ1n) is 7.62. The lowest BCUT2D eigenvalue weighted by molar-refractivity contribution is -0.385. The van der Waals surface area contributed by atoms with Crippen LogP contribution < -0.4 is 5.32 Å². The predicted octanol–water partition coefficient (Wildman–Crippen LogP) is 3.40. The van der Waals surface area contributed by atoms with E-state index in [1.807, 2.05) is 19.1 Å². The summed E-state index contributed by atoms with van der Waals surface area (Å²) in [7, 11) is 0. The molecular formula is C18H18N2O5. The largest absolute Gasteiger partial charge is 0.449 e. The lowest BCUT2D eigenvalue weighted by atomic mass is 10.1. The first-order chi connectivity index (χ1) is 11.8. The van der Waals surface area contributed by atoms with Crippen LogP contribution in [0.2, 0.25) is 0 Å². The molecule has 0 saturated heterocycles. The Morgan fingerprint density at radius 3 is 2.40 bits per heavy atom. The number of nitro benzene ring substituents is 1. The van der Waals surface area contributed by atoms with Gasteiger partial charge in [0.1, 0.15) is 0 Å². The van der Waals surface area contributed by atoms with Crippen LogP contribution in [0.3, 0.4) is 0 Å². The number of nitrogens with one attached hydrogen (secondary N) is 1. The molecule has 0 aromatic heterocycles. The highest BCUT2D eigenvalue weighted by atomic mass is 16.6. The summed E-state index contributed by atoms with van der Waals surface area (Å²) in [5.74, 6) is -1.17. The van der Waals surface area contributed by atoms with Gasteiger partial charge in [-0.3, -0.25) is 14.9 Å². The number of nitro groups is 1. The molecule has 7 nitrogen and oxygen atoms in total. The van der Waals surface area contributed by atoms with Gasteiger partial charge in [0.25, 0.3) is 11.6 Å². The van der Waals surface area contributed by atoms with Gasteiger partial charge >= 0.3 is 5.97 Å². The number of rotatable bonds is 5. The molecule has 0 fully saturated rings. The number of carbonyl (C=O) groups is 2. The van der Waals surface area contributed by atoms with Crippen molar-refractivity contribution in [3.8, 4) is 0 Å². The van der Waals surface area contributed by atoms with Gasteiger partial charge in [0.15, 0.2) is 6.10 Å². The minimum atomic E-state index is -1.01. The Morgan fingerprint density at radius 2 is 1.80 bits per heavy atom. The van der Waals surface area contributed by atoms with Crippen molar-refractivity contribution in [3.05, 3.63) is 69.3 Å². The molecule has 1 amide bonds. The van der Waals surface area contributed by atoms with Crippen molar-refractivity contribution in [2.24, 2.45) is 0 Å². The summed E-state index contributed by atoms with van der Waals surface area (Å²) in [5, 5.41) is 13.5. The molecule has 1 atom stereocenters. The van der Waals surface area contributed by atoms with Crippen LogP contribution in [0, 0.1) is 24.0 Å². The molecule has 1 N–H and O–H groups in total. The van der Waals surface area contributed by atoms with Crippen LogP contribution in [0.1, 0.15) is 28.4 Å². The van der Waals surface area contributed by atoms with E-state index in [2.05, 4.69) is 5.32 Å². The number of nitrogens with zero attached hydrogens (tertiary/aromatic N) is 1. The number of anilines is 1. The average molecular weight is 342 g/mol. The maximum atomic E-state index is 12.2. The van der Waals surface area contributed by atoms with Crippen LogP contribution in [-0.4, -0.2) is 22.9 Å². The number of hydrogen-bond acceptors (Lipinski definition) is 5. The third-order valence-electron chi connectivity index (χ3n) is 3.69. The van der Waals surface area contributed by atoms with Crippen LogP contribution in [0.15, 0.2) is 42.5 Å². The number of para-hydroxylation sites is 1. The Morgan fingerprint density at radius 1 is 1.12 bits per heavy atom. The highest BCUT2D eigenvalue weighted by Gasteiger charge is 2.21. The van der Waals surface area contributed by atoms with E-state index in [-0.39, 0.29) is 11.3 Å². The van der Waals surface area contributed by atoms with E-state index in [9.17, 15) is 19.7 Å². The topological polar surface area (TPSA) is 98.5 Å². The fourth-order valence-electron chi connectivity index (χ4n) is 2.22. The lowest BCUT2D eigenvalue weighted by Crippen LogP contribution is -2.30. The molecule has 0 radical (unpaired) electrons. The van der Waals surface area contributed by atoms with Gasteiger partial charge in [0, 0.05) is 17.3 Å². The third-order valence-corrected chi connectivity index (χ3v) is 3.69. The van der Waals surface area contributed by atoms with Crippen molar-refractivity contribution in [2.75, 3.05) is 5.32 Å². The first-order valence-corrected chi connectivity index (χ1v) is 7.62. The van der Waals surface area contributed by atoms with E-state index in [0.29, 0.717) is 11.3 Å². The maximum absolute atomic E-state index is 12.2. The van der Waals surface area contributed by atoms with Gasteiger partial charge in [0.05, 0.1) is 10.5 Å². The molecule has 0 heterocycles. The van der Waals surface area contributed by atoms with Gasteiger partial charge in [-0.2, -0.15) is 0 Å². The summed E-state index contributed by atoms with van der Waals surface area (Å²) in [6.45, 7) is 4.85. The SMILES string of the molecule is Cc1ccccc1NC(=O)C(C)OC(=O)c1ccc([N+](=O)[O-])c(C)c1. The van der Waals surface area contributed by atoms with Gasteiger partial charge in [0.2, 0.25) is 0 Å². The van der Waals surface area contributed by atoms with Crippen molar-refractivity contribution >= 4 is 23.3 Å². The standard InChI is InChI=1S/C18H18N2O5/c1-11-6-4-5-7-15(11)19-17(21)13(3)25-18(22)14-8-9-16(20(23)24)12(2)10-14/h4-10,13H,1-3H3,(H,19,21). The van der Waals surface area contributed by atoms with Crippen molar-refractivity contribution in [1.82, 2.24) is 0 Å². The fourth-order valence-corrected chi connectivity index (χ4v) is 2.22. The minimum Gasteiger partial charge on any atom is -0.449 e. The van der Waals surface area contributed by atoms with Crippen molar-refractivity contribution < 1.29 is 19.2 Å². The van der Waals surface area contributed by atoms with E-state index in [1.165, 1.54) is 32.0 Å². The molecule has 130 valence electrons. The average Bonchev–Trinajstić information content (AvgIpc) is 2.56. The molecule has 2 aromatic carbocycles. The Balaban J connectivity index is 2.04. The predicted molar refractivity (Wildman–Crippen MR) is 92.5 cm³/mol. The lowest BCUT2D eigenvalue weighted by Gasteiger charge is -2.14. The Labute approximate surface area is 144 Å². The summed E-state index contributed by atoms with van der Waals surface area (Å²) in [6, 6.07) is 11.2. The summed E-state index contributed by atoms with van der Waals surface area (Å²) in [6.07, 6.45) is -1.01. The van der Waals surface area contributed by atoms with Crippen LogP contribution in [0.5, 0.6) is 0 Å². The normalized spacial score (nSPS) is 11.5. The third kappa shape index (κ3) is 4.41. The number of ether oxygens (including phenoxy) is 1. The Bertz CT molecular complexity index is 832. The number of benzene rings is 2. The van der Waals surface area contributed by atoms with Crippen LogP contribution in [0.4, 0.5) is 11.4 Å². The molecule has 0 saturated carbocycles. The summed E-state index contributed by atoms with van der Waals surface area (Å²) >= 11 is 0. The zero-order valence-corrected chi connectivity index (χ0v) is 14.1. The van der Waals surface area contributed by atoms with E-state index in [4.69, 9.17) is 4.74 Å². The quantitative estimate of drug-likeness (QED) is 0.510. The van der Waals surface area contributed by atoms with Gasteiger partial charge in [-0.1, -0.05) is 18.2 Å². The molecule has 2 rings (SSSR count).